The number of nitrogens with one attached hydrogen (secondary N) is 1. The van der Waals surface area contributed by atoms with E-state index in [1.807, 2.05) is 0 Å². The van der Waals surface area contributed by atoms with Crippen molar-refractivity contribution in [2.75, 3.05) is 13.7 Å². The summed E-state index contributed by atoms with van der Waals surface area (Å²) in [4.78, 5) is 0. The molecule has 0 aromatic heterocycles. The molecule has 0 heterocycles. The summed E-state index contributed by atoms with van der Waals surface area (Å²) in [5.74, 6) is 0.535. The molecule has 0 bridgehead atoms. The molecule has 2 heteroatoms. The van der Waals surface area contributed by atoms with Crippen LogP contribution in [-0.2, 0) is 4.74 Å². The van der Waals surface area contributed by atoms with E-state index in [2.05, 4.69) is 56.4 Å². The molecule has 0 spiro atoms. The zero-order valence-corrected chi connectivity index (χ0v) is 10.7. The van der Waals surface area contributed by atoms with Gasteiger partial charge in [-0.1, -0.05) is 37.3 Å². The van der Waals surface area contributed by atoms with Crippen LogP contribution in [0, 0.1) is 0 Å². The van der Waals surface area contributed by atoms with Crippen molar-refractivity contribution in [1.29, 1.82) is 0 Å². The Bertz CT molecular complexity index is 286. The monoisotopic (exact) mass is 221 g/mol. The highest BCUT2D eigenvalue weighted by molar-refractivity contribution is 5.18. The van der Waals surface area contributed by atoms with E-state index in [1.54, 1.807) is 7.11 Å². The third-order valence-corrected chi connectivity index (χ3v) is 3.19. The van der Waals surface area contributed by atoms with Crippen LogP contribution in [0.3, 0.4) is 0 Å². The van der Waals surface area contributed by atoms with Crippen molar-refractivity contribution < 1.29 is 4.74 Å². The lowest BCUT2D eigenvalue weighted by Gasteiger charge is -2.22. The number of hydrogen-bond donors (Lipinski definition) is 1. The second-order valence-corrected chi connectivity index (χ2v) is 4.45. The smallest absolute Gasteiger partial charge is 0.0693 e. The third-order valence-electron chi connectivity index (χ3n) is 3.19. The Morgan fingerprint density at radius 3 is 2.31 bits per heavy atom. The van der Waals surface area contributed by atoms with Gasteiger partial charge in [-0.25, -0.2) is 0 Å². The summed E-state index contributed by atoms with van der Waals surface area (Å²) in [5.41, 5.74) is 1.38. The molecule has 3 atom stereocenters. The minimum atomic E-state index is 0.253. The summed E-state index contributed by atoms with van der Waals surface area (Å²) in [6.45, 7) is 7.47. The molecule has 0 radical (unpaired) electrons. The third kappa shape index (κ3) is 3.95. The van der Waals surface area contributed by atoms with Crippen LogP contribution in [0.25, 0.3) is 0 Å². The largest absolute Gasteiger partial charge is 0.380 e. The molecule has 2 nitrogen and oxygen atoms in total. The van der Waals surface area contributed by atoms with Gasteiger partial charge in [0.05, 0.1) is 6.10 Å². The number of hydrogen-bond acceptors (Lipinski definition) is 2. The fourth-order valence-corrected chi connectivity index (χ4v) is 1.63. The number of ether oxygens (including phenoxy) is 1. The van der Waals surface area contributed by atoms with Crippen molar-refractivity contribution in [2.45, 2.75) is 38.8 Å². The summed E-state index contributed by atoms with van der Waals surface area (Å²) in [6, 6.07) is 11.0. The van der Waals surface area contributed by atoms with Crippen molar-refractivity contribution in [3.05, 3.63) is 35.9 Å². The number of benzene rings is 1. The quantitative estimate of drug-likeness (QED) is 0.797. The van der Waals surface area contributed by atoms with Crippen LogP contribution in [0.15, 0.2) is 30.3 Å². The molecule has 1 aromatic rings. The van der Waals surface area contributed by atoms with Crippen molar-refractivity contribution in [3.8, 4) is 0 Å². The first-order valence-electron chi connectivity index (χ1n) is 5.96. The SMILES string of the molecule is CO[C@H](C)[C@H](C)NC[C@H](C)c1ccccc1. The summed E-state index contributed by atoms with van der Waals surface area (Å²) in [6.07, 6.45) is 0.253. The highest BCUT2D eigenvalue weighted by Crippen LogP contribution is 2.13. The average Bonchev–Trinajstić information content (AvgIpc) is 2.35. The van der Waals surface area contributed by atoms with E-state index < -0.39 is 0 Å². The molecule has 0 fully saturated rings. The summed E-state index contributed by atoms with van der Waals surface area (Å²) >= 11 is 0. The van der Waals surface area contributed by atoms with Gasteiger partial charge in [0.15, 0.2) is 0 Å². The second kappa shape index (κ2) is 6.66. The Labute approximate surface area is 99.0 Å². The lowest BCUT2D eigenvalue weighted by molar-refractivity contribution is 0.0884. The molecule has 0 saturated heterocycles. The molecule has 0 aliphatic heterocycles. The predicted octanol–water partition coefficient (Wildman–Crippen LogP) is 2.80. The van der Waals surface area contributed by atoms with Crippen molar-refractivity contribution in [2.24, 2.45) is 0 Å². The molecule has 1 rings (SSSR count). The molecule has 0 aliphatic carbocycles. The van der Waals surface area contributed by atoms with Gasteiger partial charge in [-0.15, -0.1) is 0 Å². The summed E-state index contributed by atoms with van der Waals surface area (Å²) in [5, 5.41) is 3.51. The fourth-order valence-electron chi connectivity index (χ4n) is 1.63. The molecule has 1 N–H and O–H groups in total. The zero-order valence-electron chi connectivity index (χ0n) is 10.7. The molecule has 90 valence electrons. The van der Waals surface area contributed by atoms with Crippen LogP contribution in [-0.4, -0.2) is 25.8 Å². The lowest BCUT2D eigenvalue weighted by atomic mass is 10.0. The molecule has 16 heavy (non-hydrogen) atoms. The maximum atomic E-state index is 5.29. The summed E-state index contributed by atoms with van der Waals surface area (Å²) in [7, 11) is 1.75. The van der Waals surface area contributed by atoms with Crippen LogP contribution < -0.4 is 5.32 Å². The van der Waals surface area contributed by atoms with Gasteiger partial charge < -0.3 is 10.1 Å². The van der Waals surface area contributed by atoms with Gasteiger partial charge in [0.2, 0.25) is 0 Å². The van der Waals surface area contributed by atoms with Gasteiger partial charge in [-0.2, -0.15) is 0 Å². The average molecular weight is 221 g/mol. The molecule has 0 unspecified atom stereocenters. The van der Waals surface area contributed by atoms with Crippen molar-refractivity contribution >= 4 is 0 Å². The van der Waals surface area contributed by atoms with Crippen LogP contribution >= 0.6 is 0 Å². The Hall–Kier alpha value is -0.860. The Balaban J connectivity index is 2.38. The Morgan fingerprint density at radius 1 is 1.12 bits per heavy atom. The van der Waals surface area contributed by atoms with Gasteiger partial charge in [-0.3, -0.25) is 0 Å². The minimum absolute atomic E-state index is 0.253. The molecule has 1 aromatic carbocycles. The number of rotatable bonds is 6. The zero-order chi connectivity index (χ0) is 12.0. The lowest BCUT2D eigenvalue weighted by Crippen LogP contribution is -2.38. The second-order valence-electron chi connectivity index (χ2n) is 4.45. The molecule has 0 saturated carbocycles. The van der Waals surface area contributed by atoms with E-state index >= 15 is 0 Å². The van der Waals surface area contributed by atoms with Crippen molar-refractivity contribution in [3.63, 3.8) is 0 Å². The first kappa shape index (κ1) is 13.2. The van der Waals surface area contributed by atoms with E-state index in [4.69, 9.17) is 4.74 Å². The van der Waals surface area contributed by atoms with Gasteiger partial charge in [0, 0.05) is 19.7 Å². The molecular formula is C14H23NO. The van der Waals surface area contributed by atoms with E-state index in [-0.39, 0.29) is 6.10 Å². The molecular weight excluding hydrogens is 198 g/mol. The minimum Gasteiger partial charge on any atom is -0.380 e. The number of methoxy groups -OCH3 is 1. The van der Waals surface area contributed by atoms with E-state index in [9.17, 15) is 0 Å². The molecule has 0 aliphatic rings. The first-order chi connectivity index (χ1) is 7.65. The first-order valence-corrected chi connectivity index (χ1v) is 5.96. The van der Waals surface area contributed by atoms with E-state index in [0.29, 0.717) is 12.0 Å². The summed E-state index contributed by atoms with van der Waals surface area (Å²) < 4.78 is 5.29. The topological polar surface area (TPSA) is 21.3 Å². The predicted molar refractivity (Wildman–Crippen MR) is 68.8 cm³/mol. The Kier molecular flexibility index (Phi) is 5.50. The fraction of sp³-hybridized carbons (Fsp3) is 0.571. The highest BCUT2D eigenvalue weighted by Gasteiger charge is 2.12. The van der Waals surface area contributed by atoms with E-state index in [1.165, 1.54) is 5.56 Å². The van der Waals surface area contributed by atoms with Gasteiger partial charge in [0.25, 0.3) is 0 Å². The molecule has 0 amide bonds. The normalized spacial score (nSPS) is 16.8. The van der Waals surface area contributed by atoms with Crippen LogP contribution in [0.5, 0.6) is 0 Å². The standard InChI is InChI=1S/C14H23NO/c1-11(14-8-6-5-7-9-14)10-15-12(2)13(3)16-4/h5-9,11-13,15H,10H2,1-4H3/t11-,12-,13+/m0/s1. The Morgan fingerprint density at radius 2 is 1.75 bits per heavy atom. The van der Waals surface area contributed by atoms with Crippen molar-refractivity contribution in [1.82, 2.24) is 5.32 Å². The van der Waals surface area contributed by atoms with E-state index in [0.717, 1.165) is 6.54 Å². The maximum absolute atomic E-state index is 5.29. The highest BCUT2D eigenvalue weighted by atomic mass is 16.5. The van der Waals surface area contributed by atoms with Crippen LogP contribution in [0.1, 0.15) is 32.3 Å². The van der Waals surface area contributed by atoms with Crippen LogP contribution in [0.4, 0.5) is 0 Å². The van der Waals surface area contributed by atoms with Gasteiger partial charge in [0.1, 0.15) is 0 Å². The van der Waals surface area contributed by atoms with Gasteiger partial charge in [-0.05, 0) is 25.3 Å². The van der Waals surface area contributed by atoms with Gasteiger partial charge >= 0.3 is 0 Å². The maximum Gasteiger partial charge on any atom is 0.0693 e. The van der Waals surface area contributed by atoms with Crippen LogP contribution in [0.2, 0.25) is 0 Å².